The molecule has 2 aliphatic heterocycles. The number of hydrogen-bond donors (Lipinski definition) is 1. The first-order valence-electron chi connectivity index (χ1n) is 14.5. The van der Waals surface area contributed by atoms with Crippen molar-refractivity contribution in [3.8, 4) is 11.7 Å². The molecule has 0 unspecified atom stereocenters. The van der Waals surface area contributed by atoms with Crippen LogP contribution in [0.15, 0.2) is 73.2 Å². The first-order valence-corrected chi connectivity index (χ1v) is 14.5. The number of nitrogens with zero attached hydrogens (tertiary/aromatic N) is 4. The predicted octanol–water partition coefficient (Wildman–Crippen LogP) is 5.24. The molecule has 0 atom stereocenters. The lowest BCUT2D eigenvalue weighted by molar-refractivity contribution is -0.0634. The summed E-state index contributed by atoms with van der Waals surface area (Å²) in [5, 5.41) is 13.8. The number of fused-ring (bicyclic) bond motifs is 1. The molecular weight excluding hydrogens is 532 g/mol. The summed E-state index contributed by atoms with van der Waals surface area (Å²) in [4.78, 5) is 19.0. The number of pyridine rings is 1. The average Bonchev–Trinajstić information content (AvgIpc) is 3.28. The Balaban J connectivity index is 1.34. The number of carboxylic acid groups (broad SMARTS) is 1. The van der Waals surface area contributed by atoms with Gasteiger partial charge in [0.2, 0.25) is 5.88 Å². The van der Waals surface area contributed by atoms with Gasteiger partial charge in [0, 0.05) is 18.7 Å². The molecule has 2 aliphatic rings. The molecule has 3 aromatic rings. The second-order valence-corrected chi connectivity index (χ2v) is 10.4. The van der Waals surface area contributed by atoms with Gasteiger partial charge < -0.3 is 19.3 Å². The lowest BCUT2D eigenvalue weighted by Gasteiger charge is -2.36. The molecule has 0 spiro atoms. The van der Waals surface area contributed by atoms with Crippen LogP contribution in [0.2, 0.25) is 0 Å². The van der Waals surface area contributed by atoms with Crippen molar-refractivity contribution in [3.05, 3.63) is 101 Å². The van der Waals surface area contributed by atoms with Gasteiger partial charge in [0.05, 0.1) is 37.8 Å². The minimum absolute atomic E-state index is 0.0241. The Bertz CT molecular complexity index is 1490. The van der Waals surface area contributed by atoms with Gasteiger partial charge in [-0.15, -0.1) is 0 Å². The van der Waals surface area contributed by atoms with E-state index in [0.29, 0.717) is 36.5 Å². The Hall–Kier alpha value is -4.21. The highest BCUT2D eigenvalue weighted by Crippen LogP contribution is 2.27. The van der Waals surface area contributed by atoms with Crippen LogP contribution in [-0.4, -0.2) is 69.7 Å². The van der Waals surface area contributed by atoms with Crippen molar-refractivity contribution < 1.29 is 24.1 Å². The van der Waals surface area contributed by atoms with E-state index in [-0.39, 0.29) is 11.4 Å². The van der Waals surface area contributed by atoms with Crippen molar-refractivity contribution in [2.24, 2.45) is 0 Å². The van der Waals surface area contributed by atoms with Gasteiger partial charge >= 0.3 is 5.97 Å². The Morgan fingerprint density at radius 2 is 1.98 bits per heavy atom. The molecule has 1 N–H and O–H groups in total. The van der Waals surface area contributed by atoms with Crippen molar-refractivity contribution in [2.45, 2.75) is 45.8 Å². The van der Waals surface area contributed by atoms with E-state index in [1.54, 1.807) is 13.0 Å². The van der Waals surface area contributed by atoms with E-state index in [9.17, 15) is 9.90 Å². The third-order valence-electron chi connectivity index (χ3n) is 7.56. The summed E-state index contributed by atoms with van der Waals surface area (Å²) in [5.41, 5.74) is 5.20. The molecule has 9 heteroatoms. The number of ether oxygens (including phenoxy) is 3. The van der Waals surface area contributed by atoms with E-state index >= 15 is 0 Å². The fourth-order valence-corrected chi connectivity index (χ4v) is 5.17. The highest BCUT2D eigenvalue weighted by Gasteiger charge is 2.27. The maximum Gasteiger partial charge on any atom is 0.342 e. The maximum absolute atomic E-state index is 11.7. The Kier molecular flexibility index (Phi) is 9.51. The lowest BCUT2D eigenvalue weighted by Crippen LogP contribution is -2.49. The van der Waals surface area contributed by atoms with Crippen LogP contribution in [0.4, 0.5) is 0 Å². The minimum atomic E-state index is -1.11. The van der Waals surface area contributed by atoms with E-state index in [4.69, 9.17) is 19.2 Å². The second kappa shape index (κ2) is 13.6. The Morgan fingerprint density at radius 3 is 2.69 bits per heavy atom. The van der Waals surface area contributed by atoms with Crippen LogP contribution in [0.1, 0.15) is 53.0 Å². The van der Waals surface area contributed by atoms with E-state index in [0.717, 1.165) is 56.7 Å². The maximum atomic E-state index is 11.7. The molecule has 42 heavy (non-hydrogen) atoms. The second-order valence-electron chi connectivity index (χ2n) is 10.4. The molecule has 4 heterocycles. The number of aromatic nitrogens is 3. The van der Waals surface area contributed by atoms with Crippen LogP contribution in [0, 0.1) is 0 Å². The summed E-state index contributed by atoms with van der Waals surface area (Å²) in [6, 6.07) is 12.6. The first kappa shape index (κ1) is 29.3. The zero-order chi connectivity index (χ0) is 29.5. The summed E-state index contributed by atoms with van der Waals surface area (Å²) < 4.78 is 18.7. The molecule has 5 rings (SSSR count). The summed E-state index contributed by atoms with van der Waals surface area (Å²) in [7, 11) is 0. The van der Waals surface area contributed by atoms with E-state index in [1.807, 2.05) is 30.4 Å². The number of carboxylic acids is 1. The van der Waals surface area contributed by atoms with Crippen molar-refractivity contribution >= 4 is 11.5 Å². The van der Waals surface area contributed by atoms with Crippen LogP contribution < -0.4 is 4.74 Å². The first-order chi connectivity index (χ1) is 20.5. The van der Waals surface area contributed by atoms with Crippen molar-refractivity contribution in [1.29, 1.82) is 0 Å². The molecule has 220 valence electrons. The molecular formula is C33H38N4O5. The fraction of sp³-hybridized carbons (Fsp3) is 0.364. The van der Waals surface area contributed by atoms with E-state index < -0.39 is 5.97 Å². The van der Waals surface area contributed by atoms with E-state index in [2.05, 4.69) is 41.7 Å². The van der Waals surface area contributed by atoms with Crippen LogP contribution in [0.25, 0.3) is 11.4 Å². The number of hydrogen-bond acceptors (Lipinski definition) is 7. The van der Waals surface area contributed by atoms with Gasteiger partial charge in [-0.3, -0.25) is 4.90 Å². The van der Waals surface area contributed by atoms with Crippen molar-refractivity contribution in [3.63, 3.8) is 0 Å². The number of benzene rings is 1. The van der Waals surface area contributed by atoms with Crippen LogP contribution >= 0.6 is 0 Å². The largest absolute Gasteiger partial charge is 0.489 e. The Morgan fingerprint density at radius 1 is 1.17 bits per heavy atom. The summed E-state index contributed by atoms with van der Waals surface area (Å²) in [6.45, 7) is 12.6. The SMILES string of the molecule is C=C(OCc1ccc2c(c1)CCN(C1COC1)CC2)/C(=C\C=C/CC)c1cccc(-n2ncc(C(=O)O)c2OCC)n1. The lowest BCUT2D eigenvalue weighted by atomic mass is 10.0. The normalized spacial score (nSPS) is 16.1. The minimum Gasteiger partial charge on any atom is -0.489 e. The fourth-order valence-electron chi connectivity index (χ4n) is 5.17. The van der Waals surface area contributed by atoms with Crippen molar-refractivity contribution in [2.75, 3.05) is 32.9 Å². The predicted molar refractivity (Wildman–Crippen MR) is 161 cm³/mol. The average molecular weight is 571 g/mol. The van der Waals surface area contributed by atoms with Crippen LogP contribution in [0.3, 0.4) is 0 Å². The van der Waals surface area contributed by atoms with Crippen LogP contribution in [0.5, 0.6) is 5.88 Å². The molecule has 2 aromatic heterocycles. The van der Waals surface area contributed by atoms with Gasteiger partial charge in [-0.25, -0.2) is 9.78 Å². The van der Waals surface area contributed by atoms with Gasteiger partial charge in [-0.2, -0.15) is 9.78 Å². The number of allylic oxidation sites excluding steroid dienone is 4. The zero-order valence-electron chi connectivity index (χ0n) is 24.3. The van der Waals surface area contributed by atoms with Gasteiger partial charge in [0.15, 0.2) is 5.82 Å². The molecule has 1 saturated heterocycles. The molecule has 0 aliphatic carbocycles. The zero-order valence-corrected chi connectivity index (χ0v) is 24.3. The van der Waals surface area contributed by atoms with Gasteiger partial charge in [0.25, 0.3) is 0 Å². The van der Waals surface area contributed by atoms with Gasteiger partial charge in [0.1, 0.15) is 17.9 Å². The van der Waals surface area contributed by atoms with E-state index in [1.165, 1.54) is 22.0 Å². The standard InChI is InChI=1S/C33H38N4O5/c1-4-6-7-9-28(30-10-8-11-31(35-30)37-32(41-5-2)29(19-34-37)33(38)39)23(3)42-20-24-12-13-25-14-16-36(27-21-40-22-27)17-15-26(25)18-24/h6-13,18-19,27H,3-5,14-17,20-22H2,1-2H3,(H,38,39)/b7-6-,28-9+. The third kappa shape index (κ3) is 6.64. The highest BCUT2D eigenvalue weighted by molar-refractivity contribution is 5.90. The Labute approximate surface area is 246 Å². The van der Waals surface area contributed by atoms with Crippen molar-refractivity contribution in [1.82, 2.24) is 19.7 Å². The summed E-state index contributed by atoms with van der Waals surface area (Å²) in [6.07, 6.45) is 10.2. The third-order valence-corrected chi connectivity index (χ3v) is 7.56. The van der Waals surface area contributed by atoms with Crippen LogP contribution in [-0.2, 0) is 28.9 Å². The summed E-state index contributed by atoms with van der Waals surface area (Å²) in [5.74, 6) is -0.0670. The molecule has 0 radical (unpaired) electrons. The molecule has 0 saturated carbocycles. The molecule has 0 amide bonds. The summed E-state index contributed by atoms with van der Waals surface area (Å²) >= 11 is 0. The quantitative estimate of drug-likeness (QED) is 0.233. The number of rotatable bonds is 12. The topological polar surface area (TPSA) is 98.9 Å². The highest BCUT2D eigenvalue weighted by atomic mass is 16.5. The van der Waals surface area contributed by atoms with Gasteiger partial charge in [-0.05, 0) is 61.1 Å². The molecule has 1 aromatic carbocycles. The number of carbonyl (C=O) groups is 1. The molecule has 0 bridgehead atoms. The number of aromatic carboxylic acids is 1. The van der Waals surface area contributed by atoms with Gasteiger partial charge in [-0.1, -0.05) is 49.9 Å². The monoisotopic (exact) mass is 570 g/mol. The smallest absolute Gasteiger partial charge is 0.342 e. The molecule has 1 fully saturated rings. The molecule has 9 nitrogen and oxygen atoms in total.